The van der Waals surface area contributed by atoms with Crippen molar-refractivity contribution >= 4 is 10.0 Å². The maximum Gasteiger partial charge on any atom is 0.242 e. The first kappa shape index (κ1) is 16.0. The number of rotatable bonds is 8. The molecule has 3 N–H and O–H groups in total. The van der Waals surface area contributed by atoms with Crippen molar-refractivity contribution in [1.82, 2.24) is 9.71 Å². The molecule has 0 aliphatic carbocycles. The normalized spacial score (nSPS) is 13.4. The van der Waals surface area contributed by atoms with Gasteiger partial charge in [-0.25, -0.2) is 13.1 Å². The molecule has 7 heteroatoms. The lowest BCUT2D eigenvalue weighted by atomic mass is 10.2. The molecule has 0 aliphatic rings. The van der Waals surface area contributed by atoms with E-state index in [1.54, 1.807) is 13.2 Å². The van der Waals surface area contributed by atoms with E-state index in [9.17, 15) is 8.42 Å². The smallest absolute Gasteiger partial charge is 0.242 e. The minimum absolute atomic E-state index is 0.141. The number of methoxy groups -OCH3 is 1. The molecule has 0 saturated heterocycles. The van der Waals surface area contributed by atoms with Crippen LogP contribution in [0.4, 0.5) is 0 Å². The quantitative estimate of drug-likeness (QED) is 0.731. The van der Waals surface area contributed by atoms with Crippen LogP contribution in [-0.2, 0) is 21.3 Å². The zero-order chi connectivity index (χ0) is 14.3. The van der Waals surface area contributed by atoms with Crippen molar-refractivity contribution in [3.8, 4) is 0 Å². The van der Waals surface area contributed by atoms with Crippen molar-refractivity contribution in [3.05, 3.63) is 24.0 Å². The lowest BCUT2D eigenvalue weighted by molar-refractivity contribution is 0.171. The van der Waals surface area contributed by atoms with Gasteiger partial charge >= 0.3 is 0 Å². The van der Waals surface area contributed by atoms with Crippen LogP contribution in [0.5, 0.6) is 0 Å². The van der Waals surface area contributed by atoms with E-state index in [0.717, 1.165) is 12.8 Å². The molecular weight excluding hydrogens is 266 g/mol. The average molecular weight is 287 g/mol. The summed E-state index contributed by atoms with van der Waals surface area (Å²) in [6.07, 6.45) is 2.92. The Kier molecular flexibility index (Phi) is 6.36. The summed E-state index contributed by atoms with van der Waals surface area (Å²) in [6.45, 7) is 2.63. The molecule has 1 atom stereocenters. The molecule has 19 heavy (non-hydrogen) atoms. The Morgan fingerprint density at radius 2 is 2.21 bits per heavy atom. The fourth-order valence-electron chi connectivity index (χ4n) is 1.70. The second-order valence-corrected chi connectivity index (χ2v) is 5.97. The highest BCUT2D eigenvalue weighted by molar-refractivity contribution is 7.89. The number of sulfonamides is 1. The number of nitrogens with two attached hydrogens (primary N) is 1. The summed E-state index contributed by atoms with van der Waals surface area (Å²) >= 11 is 0. The Balaban J connectivity index is 2.83. The van der Waals surface area contributed by atoms with Crippen molar-refractivity contribution in [3.63, 3.8) is 0 Å². The third-order valence-corrected chi connectivity index (χ3v) is 4.15. The fraction of sp³-hybridized carbons (Fsp3) is 0.583. The molecule has 108 valence electrons. The van der Waals surface area contributed by atoms with Gasteiger partial charge in [0.2, 0.25) is 10.0 Å². The van der Waals surface area contributed by atoms with Gasteiger partial charge in [-0.2, -0.15) is 0 Å². The molecule has 0 bridgehead atoms. The Bertz CT molecular complexity index is 467. The van der Waals surface area contributed by atoms with Crippen molar-refractivity contribution in [2.75, 3.05) is 13.7 Å². The van der Waals surface area contributed by atoms with E-state index < -0.39 is 10.0 Å². The van der Waals surface area contributed by atoms with Gasteiger partial charge in [-0.05, 0) is 18.6 Å². The zero-order valence-electron chi connectivity index (χ0n) is 11.3. The molecule has 1 rings (SSSR count). The third-order valence-electron chi connectivity index (χ3n) is 2.64. The molecule has 1 aromatic rings. The number of hydrogen-bond acceptors (Lipinski definition) is 5. The summed E-state index contributed by atoms with van der Waals surface area (Å²) in [6, 6.07) is 2.89. The lowest BCUT2D eigenvalue weighted by Gasteiger charge is -2.17. The Labute approximate surface area is 114 Å². The van der Waals surface area contributed by atoms with E-state index in [-0.39, 0.29) is 17.5 Å². The molecule has 0 amide bonds. The fourth-order valence-corrected chi connectivity index (χ4v) is 2.90. The molecule has 0 saturated carbocycles. The number of nitrogens with zero attached hydrogens (tertiary/aromatic N) is 1. The zero-order valence-corrected chi connectivity index (χ0v) is 12.1. The topological polar surface area (TPSA) is 94.3 Å². The second-order valence-electron chi connectivity index (χ2n) is 4.25. The molecule has 0 radical (unpaired) electrons. The molecular formula is C12H21N3O3S. The summed E-state index contributed by atoms with van der Waals surface area (Å²) < 4.78 is 31.9. The van der Waals surface area contributed by atoms with Crippen LogP contribution >= 0.6 is 0 Å². The highest BCUT2D eigenvalue weighted by Gasteiger charge is 2.19. The largest absolute Gasteiger partial charge is 0.383 e. The predicted molar refractivity (Wildman–Crippen MR) is 73.0 cm³/mol. The molecule has 0 spiro atoms. The van der Waals surface area contributed by atoms with Gasteiger partial charge in [0.25, 0.3) is 0 Å². The van der Waals surface area contributed by atoms with Gasteiger partial charge in [0.1, 0.15) is 4.90 Å². The van der Waals surface area contributed by atoms with Gasteiger partial charge < -0.3 is 10.5 Å². The van der Waals surface area contributed by atoms with Crippen LogP contribution in [0.1, 0.15) is 25.5 Å². The first-order chi connectivity index (χ1) is 9.03. The Hall–Kier alpha value is -1.02. The average Bonchev–Trinajstić information content (AvgIpc) is 2.39. The highest BCUT2D eigenvalue weighted by atomic mass is 32.2. The maximum atomic E-state index is 12.2. The summed E-state index contributed by atoms with van der Waals surface area (Å²) in [5, 5.41) is 0. The van der Waals surface area contributed by atoms with Gasteiger partial charge in [-0.1, -0.05) is 13.3 Å². The molecule has 1 aromatic heterocycles. The number of nitrogens with one attached hydrogen (secondary N) is 1. The number of aromatic nitrogens is 1. The highest BCUT2D eigenvalue weighted by Crippen LogP contribution is 2.10. The third kappa shape index (κ3) is 4.87. The van der Waals surface area contributed by atoms with Crippen LogP contribution < -0.4 is 10.5 Å². The summed E-state index contributed by atoms with van der Waals surface area (Å²) in [5.74, 6) is 0. The van der Waals surface area contributed by atoms with E-state index in [1.807, 2.05) is 6.92 Å². The van der Waals surface area contributed by atoms with Crippen molar-refractivity contribution in [1.29, 1.82) is 0 Å². The first-order valence-corrected chi connectivity index (χ1v) is 7.68. The number of hydrogen-bond donors (Lipinski definition) is 2. The molecule has 6 nitrogen and oxygen atoms in total. The van der Waals surface area contributed by atoms with E-state index in [4.69, 9.17) is 10.5 Å². The molecule has 1 unspecified atom stereocenters. The summed E-state index contributed by atoms with van der Waals surface area (Å²) in [5.41, 5.74) is 6.08. The molecule has 1 heterocycles. The predicted octanol–water partition coefficient (Wildman–Crippen LogP) is 0.634. The SMILES string of the molecule is CCCC(COC)NS(=O)(=O)c1ccc(CN)nc1. The van der Waals surface area contributed by atoms with Gasteiger partial charge in [-0.3, -0.25) is 4.98 Å². The summed E-state index contributed by atoms with van der Waals surface area (Å²) in [4.78, 5) is 4.13. The molecule has 0 aliphatic heterocycles. The Morgan fingerprint density at radius 1 is 1.47 bits per heavy atom. The van der Waals surface area contributed by atoms with Gasteiger partial charge in [-0.15, -0.1) is 0 Å². The van der Waals surface area contributed by atoms with Crippen LogP contribution in [0.15, 0.2) is 23.2 Å². The van der Waals surface area contributed by atoms with Crippen molar-refractivity contribution in [2.24, 2.45) is 5.73 Å². The van der Waals surface area contributed by atoms with Crippen LogP contribution in [0.2, 0.25) is 0 Å². The Morgan fingerprint density at radius 3 is 2.68 bits per heavy atom. The second kappa shape index (κ2) is 7.54. The molecule has 0 fully saturated rings. The van der Waals surface area contributed by atoms with E-state index in [1.165, 1.54) is 12.3 Å². The van der Waals surface area contributed by atoms with Crippen LogP contribution in [0, 0.1) is 0 Å². The van der Waals surface area contributed by atoms with Gasteiger partial charge in [0.05, 0.1) is 12.3 Å². The standard InChI is InChI=1S/C12H21N3O3S/c1-3-4-11(9-18-2)15-19(16,17)12-6-5-10(7-13)14-8-12/h5-6,8,11,15H,3-4,7,9,13H2,1-2H3. The minimum Gasteiger partial charge on any atom is -0.383 e. The van der Waals surface area contributed by atoms with Crippen LogP contribution in [0.3, 0.4) is 0 Å². The lowest BCUT2D eigenvalue weighted by Crippen LogP contribution is -2.37. The number of pyridine rings is 1. The van der Waals surface area contributed by atoms with Gasteiger partial charge in [0.15, 0.2) is 0 Å². The monoisotopic (exact) mass is 287 g/mol. The first-order valence-electron chi connectivity index (χ1n) is 6.19. The number of ether oxygens (including phenoxy) is 1. The van der Waals surface area contributed by atoms with E-state index >= 15 is 0 Å². The van der Waals surface area contributed by atoms with E-state index in [2.05, 4.69) is 9.71 Å². The van der Waals surface area contributed by atoms with Crippen molar-refractivity contribution in [2.45, 2.75) is 37.2 Å². The summed E-state index contributed by atoms with van der Waals surface area (Å²) in [7, 11) is -2.01. The van der Waals surface area contributed by atoms with Crippen LogP contribution in [-0.4, -0.2) is 33.2 Å². The van der Waals surface area contributed by atoms with Crippen molar-refractivity contribution < 1.29 is 13.2 Å². The van der Waals surface area contributed by atoms with Crippen LogP contribution in [0.25, 0.3) is 0 Å². The minimum atomic E-state index is -3.56. The molecule has 0 aromatic carbocycles. The van der Waals surface area contributed by atoms with E-state index in [0.29, 0.717) is 12.3 Å². The maximum absolute atomic E-state index is 12.2. The van der Waals surface area contributed by atoms with Gasteiger partial charge in [0, 0.05) is 25.9 Å².